The Hall–Kier alpha value is -2.32. The first kappa shape index (κ1) is 19.0. The van der Waals surface area contributed by atoms with Gasteiger partial charge in [0.2, 0.25) is 5.88 Å². The van der Waals surface area contributed by atoms with E-state index in [1.54, 1.807) is 13.4 Å². The normalized spacial score (nSPS) is 14.6. The molecule has 4 rings (SSSR count). The number of nitrogens with zero attached hydrogens (tertiary/aromatic N) is 5. The van der Waals surface area contributed by atoms with Gasteiger partial charge in [0, 0.05) is 26.0 Å². The van der Waals surface area contributed by atoms with E-state index < -0.39 is 8.07 Å². The highest BCUT2D eigenvalue weighted by atomic mass is 28.3. The summed E-state index contributed by atoms with van der Waals surface area (Å²) in [5.74, 6) is 1.05. The van der Waals surface area contributed by atoms with Crippen LogP contribution in [0, 0.1) is 0 Å². The van der Waals surface area contributed by atoms with Crippen LogP contribution >= 0.6 is 0 Å². The lowest BCUT2D eigenvalue weighted by molar-refractivity contribution is 0.0816. The number of ether oxygens (including phenoxy) is 2. The molecular weight excluding hydrogens is 370 g/mol. The molecule has 0 aliphatic heterocycles. The van der Waals surface area contributed by atoms with Gasteiger partial charge in [0.05, 0.1) is 42.0 Å². The molecule has 0 aromatic carbocycles. The van der Waals surface area contributed by atoms with Crippen LogP contribution in [0.4, 0.5) is 0 Å². The molecule has 0 amide bonds. The molecule has 8 heteroatoms. The standard InChI is InChI=1S/C20H27N5O2Si/c1-26-20-18(19(14-5-6-14)22-12-23-20)16-9-15-10-24-25(17(15)11-21-16)13-27-7-8-28(2,3)4/h9-12,14H,5-8,13H2,1-4H3. The van der Waals surface area contributed by atoms with Gasteiger partial charge in [-0.05, 0) is 25.0 Å². The van der Waals surface area contributed by atoms with E-state index in [9.17, 15) is 0 Å². The van der Waals surface area contributed by atoms with Crippen molar-refractivity contribution in [1.29, 1.82) is 0 Å². The zero-order chi connectivity index (χ0) is 19.7. The van der Waals surface area contributed by atoms with E-state index in [1.807, 2.05) is 23.1 Å². The summed E-state index contributed by atoms with van der Waals surface area (Å²) in [4.78, 5) is 13.5. The van der Waals surface area contributed by atoms with Gasteiger partial charge in [-0.3, -0.25) is 4.98 Å². The van der Waals surface area contributed by atoms with Crippen molar-refractivity contribution in [3.63, 3.8) is 0 Å². The van der Waals surface area contributed by atoms with Crippen molar-refractivity contribution in [2.24, 2.45) is 0 Å². The fourth-order valence-corrected chi connectivity index (χ4v) is 3.95. The highest BCUT2D eigenvalue weighted by molar-refractivity contribution is 6.76. The van der Waals surface area contributed by atoms with E-state index in [0.717, 1.165) is 53.3 Å². The van der Waals surface area contributed by atoms with Gasteiger partial charge in [0.25, 0.3) is 0 Å². The average molecular weight is 398 g/mol. The van der Waals surface area contributed by atoms with Gasteiger partial charge in [-0.1, -0.05) is 19.6 Å². The molecule has 1 saturated carbocycles. The Balaban J connectivity index is 1.59. The molecule has 3 aromatic rings. The third-order valence-electron chi connectivity index (χ3n) is 4.99. The molecule has 0 saturated heterocycles. The maximum absolute atomic E-state index is 5.84. The van der Waals surface area contributed by atoms with Gasteiger partial charge in [-0.25, -0.2) is 14.6 Å². The third-order valence-corrected chi connectivity index (χ3v) is 6.70. The summed E-state index contributed by atoms with van der Waals surface area (Å²) in [7, 11) is 0.548. The summed E-state index contributed by atoms with van der Waals surface area (Å²) in [6.45, 7) is 8.26. The summed E-state index contributed by atoms with van der Waals surface area (Å²) in [5.41, 5.74) is 3.71. The highest BCUT2D eigenvalue weighted by Crippen LogP contribution is 2.45. The van der Waals surface area contributed by atoms with E-state index >= 15 is 0 Å². The maximum Gasteiger partial charge on any atom is 0.226 e. The number of rotatable bonds is 8. The zero-order valence-corrected chi connectivity index (χ0v) is 18.0. The van der Waals surface area contributed by atoms with Gasteiger partial charge < -0.3 is 9.47 Å². The van der Waals surface area contributed by atoms with Crippen molar-refractivity contribution in [3.8, 4) is 17.1 Å². The lowest BCUT2D eigenvalue weighted by Crippen LogP contribution is -2.22. The zero-order valence-electron chi connectivity index (χ0n) is 17.0. The maximum atomic E-state index is 5.84. The molecule has 1 aliphatic carbocycles. The second-order valence-corrected chi connectivity index (χ2v) is 14.2. The second-order valence-electron chi connectivity index (χ2n) is 8.54. The van der Waals surface area contributed by atoms with Gasteiger partial charge >= 0.3 is 0 Å². The molecule has 0 bridgehead atoms. The van der Waals surface area contributed by atoms with E-state index in [0.29, 0.717) is 18.5 Å². The molecule has 0 radical (unpaired) electrons. The molecule has 148 valence electrons. The lowest BCUT2D eigenvalue weighted by atomic mass is 10.1. The summed E-state index contributed by atoms with van der Waals surface area (Å²) in [6, 6.07) is 3.18. The van der Waals surface area contributed by atoms with Gasteiger partial charge in [-0.2, -0.15) is 5.10 Å². The van der Waals surface area contributed by atoms with Crippen LogP contribution in [0.2, 0.25) is 25.7 Å². The van der Waals surface area contributed by atoms with E-state index in [1.165, 1.54) is 0 Å². The average Bonchev–Trinajstić information content (AvgIpc) is 3.44. The first-order valence-corrected chi connectivity index (χ1v) is 13.5. The minimum Gasteiger partial charge on any atom is -0.480 e. The summed E-state index contributed by atoms with van der Waals surface area (Å²) in [5, 5.41) is 5.50. The summed E-state index contributed by atoms with van der Waals surface area (Å²) < 4.78 is 13.2. The summed E-state index contributed by atoms with van der Waals surface area (Å²) in [6.07, 6.45) is 7.59. The predicted molar refractivity (Wildman–Crippen MR) is 111 cm³/mol. The van der Waals surface area contributed by atoms with Crippen LogP contribution in [-0.2, 0) is 11.5 Å². The Labute approximate surface area is 166 Å². The Morgan fingerprint density at radius 2 is 1.96 bits per heavy atom. The molecule has 0 N–H and O–H groups in total. The van der Waals surface area contributed by atoms with Crippen molar-refractivity contribution in [2.75, 3.05) is 13.7 Å². The van der Waals surface area contributed by atoms with Crippen molar-refractivity contribution >= 4 is 19.0 Å². The van der Waals surface area contributed by atoms with Crippen LogP contribution in [0.25, 0.3) is 22.2 Å². The Morgan fingerprint density at radius 1 is 1.14 bits per heavy atom. The largest absolute Gasteiger partial charge is 0.480 e. The number of fused-ring (bicyclic) bond motifs is 1. The quantitative estimate of drug-likeness (QED) is 0.421. The van der Waals surface area contributed by atoms with Gasteiger partial charge in [0.1, 0.15) is 13.1 Å². The molecule has 0 spiro atoms. The van der Waals surface area contributed by atoms with E-state index in [4.69, 9.17) is 9.47 Å². The molecule has 3 heterocycles. The van der Waals surface area contributed by atoms with Crippen molar-refractivity contribution in [2.45, 2.75) is 51.2 Å². The number of hydrogen-bond acceptors (Lipinski definition) is 6. The van der Waals surface area contributed by atoms with Crippen LogP contribution in [-0.4, -0.2) is 46.5 Å². The topological polar surface area (TPSA) is 75.0 Å². The van der Waals surface area contributed by atoms with Crippen LogP contribution < -0.4 is 4.74 Å². The van der Waals surface area contributed by atoms with Crippen LogP contribution in [0.1, 0.15) is 24.5 Å². The van der Waals surface area contributed by atoms with Crippen molar-refractivity contribution < 1.29 is 9.47 Å². The fourth-order valence-electron chi connectivity index (χ4n) is 3.19. The smallest absolute Gasteiger partial charge is 0.226 e. The molecule has 7 nitrogen and oxygen atoms in total. The van der Waals surface area contributed by atoms with Gasteiger partial charge in [0.15, 0.2) is 0 Å². The molecule has 1 fully saturated rings. The number of methoxy groups -OCH3 is 1. The van der Waals surface area contributed by atoms with Gasteiger partial charge in [-0.15, -0.1) is 0 Å². The Bertz CT molecular complexity index is 978. The number of aromatic nitrogens is 5. The van der Waals surface area contributed by atoms with E-state index in [2.05, 4.69) is 39.7 Å². The molecule has 0 unspecified atom stereocenters. The second kappa shape index (κ2) is 7.60. The highest BCUT2D eigenvalue weighted by Gasteiger charge is 2.30. The minimum absolute atomic E-state index is 0.445. The molecule has 3 aromatic heterocycles. The molecule has 1 aliphatic rings. The number of hydrogen-bond donors (Lipinski definition) is 0. The predicted octanol–water partition coefficient (Wildman–Crippen LogP) is 4.09. The SMILES string of the molecule is COc1ncnc(C2CC2)c1-c1cc2cnn(COCC[Si](C)(C)C)c2cn1. The Kier molecular flexibility index (Phi) is 5.16. The molecular formula is C20H27N5O2Si. The first-order valence-electron chi connectivity index (χ1n) is 9.75. The van der Waals surface area contributed by atoms with Crippen molar-refractivity contribution in [3.05, 3.63) is 30.5 Å². The monoisotopic (exact) mass is 397 g/mol. The van der Waals surface area contributed by atoms with Crippen LogP contribution in [0.3, 0.4) is 0 Å². The molecule has 0 atom stereocenters. The lowest BCUT2D eigenvalue weighted by Gasteiger charge is -2.15. The molecule has 28 heavy (non-hydrogen) atoms. The third kappa shape index (κ3) is 4.07. The number of pyridine rings is 1. The first-order chi connectivity index (χ1) is 13.5. The minimum atomic E-state index is -1.09. The van der Waals surface area contributed by atoms with Crippen molar-refractivity contribution in [1.82, 2.24) is 24.7 Å². The van der Waals surface area contributed by atoms with Crippen LogP contribution in [0.5, 0.6) is 5.88 Å². The van der Waals surface area contributed by atoms with E-state index in [-0.39, 0.29) is 0 Å². The summed E-state index contributed by atoms with van der Waals surface area (Å²) >= 11 is 0. The van der Waals surface area contributed by atoms with Crippen LogP contribution in [0.15, 0.2) is 24.8 Å². The fraction of sp³-hybridized carbons (Fsp3) is 0.500. The Morgan fingerprint density at radius 3 is 2.68 bits per heavy atom.